The highest BCUT2D eigenvalue weighted by Crippen LogP contribution is 2.38. The van der Waals surface area contributed by atoms with E-state index in [1.54, 1.807) is 13.8 Å². The van der Waals surface area contributed by atoms with Crippen molar-refractivity contribution >= 4 is 35.1 Å². The van der Waals surface area contributed by atoms with E-state index >= 15 is 0 Å². The van der Waals surface area contributed by atoms with Gasteiger partial charge in [-0.2, -0.15) is 36.3 Å². The van der Waals surface area contributed by atoms with Crippen LogP contribution in [0.3, 0.4) is 0 Å². The highest BCUT2D eigenvalue weighted by molar-refractivity contribution is 6.33. The Bertz CT molecular complexity index is 2300. The van der Waals surface area contributed by atoms with Crippen LogP contribution in [0.5, 0.6) is 0 Å². The molecule has 0 aliphatic rings. The zero-order chi connectivity index (χ0) is 38.1. The number of hydrogen-bond acceptors (Lipinski definition) is 8. The third-order valence-corrected chi connectivity index (χ3v) is 8.10. The van der Waals surface area contributed by atoms with Crippen LogP contribution in [0.15, 0.2) is 81.8 Å². The summed E-state index contributed by atoms with van der Waals surface area (Å²) in [4.78, 5) is 30.1. The lowest BCUT2D eigenvalue weighted by molar-refractivity contribution is -0.138. The van der Waals surface area contributed by atoms with Gasteiger partial charge in [0.15, 0.2) is 0 Å². The first-order valence-corrected chi connectivity index (χ1v) is 15.2. The maximum atomic E-state index is 13.0. The van der Waals surface area contributed by atoms with Crippen molar-refractivity contribution in [2.75, 3.05) is 0 Å². The van der Waals surface area contributed by atoms with Gasteiger partial charge in [-0.25, -0.2) is 9.59 Å². The van der Waals surface area contributed by atoms with E-state index in [0.29, 0.717) is 22.3 Å². The first-order valence-electron chi connectivity index (χ1n) is 14.4. The molecule has 0 fully saturated rings. The van der Waals surface area contributed by atoms with E-state index in [1.165, 1.54) is 42.5 Å². The fourth-order valence-electron chi connectivity index (χ4n) is 4.64. The summed E-state index contributed by atoms with van der Waals surface area (Å²) in [6, 6.07) is 14.6. The number of aryl methyl sites for hydroxylation is 1. The van der Waals surface area contributed by atoms with Crippen LogP contribution in [0.25, 0.3) is 45.7 Å². The predicted octanol–water partition coefficient (Wildman–Crippen LogP) is 10.2. The van der Waals surface area contributed by atoms with Gasteiger partial charge in [-0.3, -0.25) is 0 Å². The van der Waals surface area contributed by atoms with Crippen molar-refractivity contribution in [2.24, 2.45) is 0 Å². The first kappa shape index (κ1) is 37.5. The maximum absolute atomic E-state index is 13.0. The number of halogens is 8. The van der Waals surface area contributed by atoms with E-state index in [1.807, 2.05) is 0 Å². The van der Waals surface area contributed by atoms with Crippen LogP contribution in [0.4, 0.5) is 26.3 Å². The molecule has 268 valence electrons. The standard InChI is InChI=1S/2C17H10ClF3N2O3/c1-8-12(6-11(7-13(8)18)17(19,20)21)14-22-15(26-23-14)9-2-4-10(5-3-9)16(24)25;1-8-6-9(2-4-11(8)16(24)25)15-22-14(23-26-15)12-7-10(17(19,20)21)3-5-13(12)18/h2*2-7H,1H3,(H,24,25). The van der Waals surface area contributed by atoms with Crippen LogP contribution < -0.4 is 0 Å². The van der Waals surface area contributed by atoms with Crippen molar-refractivity contribution in [1.29, 1.82) is 0 Å². The van der Waals surface area contributed by atoms with Gasteiger partial charge in [-0.15, -0.1) is 0 Å². The lowest BCUT2D eigenvalue weighted by atomic mass is 10.0. The molecule has 2 N–H and O–H groups in total. The Hall–Kier alpha value is -5.74. The highest BCUT2D eigenvalue weighted by Gasteiger charge is 2.33. The molecule has 6 rings (SSSR count). The molecule has 2 heterocycles. The number of rotatable bonds is 6. The molecule has 6 aromatic rings. The molecule has 0 amide bonds. The SMILES string of the molecule is Cc1c(Cl)cc(C(F)(F)F)cc1-c1noc(-c2ccc(C(=O)O)cc2)n1.Cc1cc(-c2nc(-c3cc(C(F)(F)F)ccc3Cl)no2)ccc1C(=O)O. The number of benzene rings is 4. The topological polar surface area (TPSA) is 152 Å². The van der Waals surface area contributed by atoms with Gasteiger partial charge < -0.3 is 19.3 Å². The fraction of sp³-hybridized carbons (Fsp3) is 0.118. The molecule has 0 radical (unpaired) electrons. The molecule has 0 atom stereocenters. The third-order valence-electron chi connectivity index (χ3n) is 7.38. The first-order chi connectivity index (χ1) is 24.3. The fourth-order valence-corrected chi connectivity index (χ4v) is 5.06. The lowest BCUT2D eigenvalue weighted by Crippen LogP contribution is -2.06. The summed E-state index contributed by atoms with van der Waals surface area (Å²) >= 11 is 11.9. The number of hydrogen-bond donors (Lipinski definition) is 2. The van der Waals surface area contributed by atoms with Crippen LogP contribution in [-0.2, 0) is 12.4 Å². The van der Waals surface area contributed by atoms with Crippen molar-refractivity contribution in [3.63, 3.8) is 0 Å². The molecule has 0 saturated carbocycles. The van der Waals surface area contributed by atoms with E-state index in [4.69, 9.17) is 42.5 Å². The Morgan fingerprint density at radius 2 is 1.17 bits per heavy atom. The van der Waals surface area contributed by atoms with Gasteiger partial charge in [0.05, 0.1) is 27.3 Å². The number of aromatic carboxylic acids is 2. The Morgan fingerprint density at radius 1 is 0.635 bits per heavy atom. The second-order valence-electron chi connectivity index (χ2n) is 10.9. The number of carboxylic acids is 2. The van der Waals surface area contributed by atoms with Crippen LogP contribution in [-0.4, -0.2) is 42.4 Å². The van der Waals surface area contributed by atoms with E-state index < -0.39 is 35.4 Å². The number of nitrogens with zero attached hydrogens (tertiary/aromatic N) is 4. The summed E-state index contributed by atoms with van der Waals surface area (Å²) in [5.41, 5.74) is 0.213. The van der Waals surface area contributed by atoms with Gasteiger partial charge in [0.25, 0.3) is 11.8 Å². The second-order valence-corrected chi connectivity index (χ2v) is 11.7. The van der Waals surface area contributed by atoms with E-state index in [-0.39, 0.29) is 55.7 Å². The van der Waals surface area contributed by atoms with Crippen molar-refractivity contribution in [1.82, 2.24) is 20.3 Å². The Labute approximate surface area is 298 Å². The Kier molecular flexibility index (Phi) is 10.4. The average Bonchev–Trinajstić information content (AvgIpc) is 3.76. The monoisotopic (exact) mass is 764 g/mol. The van der Waals surface area contributed by atoms with Crippen LogP contribution in [0.2, 0.25) is 10.0 Å². The molecule has 10 nitrogen and oxygen atoms in total. The van der Waals surface area contributed by atoms with Crippen LogP contribution in [0.1, 0.15) is 43.0 Å². The quantitative estimate of drug-likeness (QED) is 0.157. The number of aromatic nitrogens is 4. The minimum absolute atomic E-state index is 0.0182. The molecule has 0 unspecified atom stereocenters. The normalized spacial score (nSPS) is 11.6. The van der Waals surface area contributed by atoms with Gasteiger partial charge in [0, 0.05) is 27.3 Å². The minimum atomic E-state index is -4.56. The molecule has 4 aromatic carbocycles. The van der Waals surface area contributed by atoms with Crippen molar-refractivity contribution < 1.29 is 55.2 Å². The molecule has 0 aliphatic heterocycles. The molecule has 0 saturated heterocycles. The van der Waals surface area contributed by atoms with Gasteiger partial charge >= 0.3 is 24.3 Å². The largest absolute Gasteiger partial charge is 0.478 e. The summed E-state index contributed by atoms with van der Waals surface area (Å²) in [7, 11) is 0. The summed E-state index contributed by atoms with van der Waals surface area (Å²) in [5, 5.41) is 25.3. The summed E-state index contributed by atoms with van der Waals surface area (Å²) in [5.74, 6) is -2.23. The highest BCUT2D eigenvalue weighted by atomic mass is 35.5. The van der Waals surface area contributed by atoms with Crippen molar-refractivity contribution in [3.8, 4) is 45.7 Å². The molecule has 0 spiro atoms. The zero-order valence-electron chi connectivity index (χ0n) is 26.3. The number of carboxylic acid groups (broad SMARTS) is 2. The molecule has 0 aliphatic carbocycles. The van der Waals surface area contributed by atoms with Gasteiger partial charge in [0.2, 0.25) is 11.6 Å². The van der Waals surface area contributed by atoms with Crippen molar-refractivity contribution in [3.05, 3.63) is 116 Å². The predicted molar refractivity (Wildman–Crippen MR) is 174 cm³/mol. The molecule has 2 aromatic heterocycles. The van der Waals surface area contributed by atoms with E-state index in [2.05, 4.69) is 20.3 Å². The van der Waals surface area contributed by atoms with E-state index in [0.717, 1.165) is 30.3 Å². The third kappa shape index (κ3) is 8.24. The molecule has 0 bridgehead atoms. The molecule has 18 heteroatoms. The Balaban J connectivity index is 0.000000201. The number of alkyl halides is 6. The minimum Gasteiger partial charge on any atom is -0.478 e. The number of carbonyl (C=O) groups is 2. The van der Waals surface area contributed by atoms with E-state index in [9.17, 15) is 35.9 Å². The van der Waals surface area contributed by atoms with Gasteiger partial charge in [-0.1, -0.05) is 33.5 Å². The lowest BCUT2D eigenvalue weighted by Gasteiger charge is -2.11. The second kappa shape index (κ2) is 14.5. The summed E-state index contributed by atoms with van der Waals surface area (Å²) in [6.07, 6.45) is -9.10. The van der Waals surface area contributed by atoms with Crippen molar-refractivity contribution in [2.45, 2.75) is 26.2 Å². The average molecular weight is 765 g/mol. The van der Waals surface area contributed by atoms with Gasteiger partial charge in [-0.05, 0) is 97.8 Å². The van der Waals surface area contributed by atoms with Crippen LogP contribution >= 0.6 is 23.2 Å². The smallest absolute Gasteiger partial charge is 0.416 e. The zero-order valence-corrected chi connectivity index (χ0v) is 27.8. The van der Waals surface area contributed by atoms with Crippen LogP contribution in [0, 0.1) is 13.8 Å². The molecular weight excluding hydrogens is 745 g/mol. The summed E-state index contributed by atoms with van der Waals surface area (Å²) < 4.78 is 87.8. The van der Waals surface area contributed by atoms with Gasteiger partial charge in [0.1, 0.15) is 0 Å². The molecular formula is C34H20Cl2F6N4O6. The Morgan fingerprint density at radius 3 is 1.71 bits per heavy atom. The maximum Gasteiger partial charge on any atom is 0.416 e. The molecule has 52 heavy (non-hydrogen) atoms. The summed E-state index contributed by atoms with van der Waals surface area (Å²) in [6.45, 7) is 3.16.